The van der Waals surface area contributed by atoms with Crippen LogP contribution in [0.25, 0.3) is 0 Å². The highest BCUT2D eigenvalue weighted by molar-refractivity contribution is 5.31. The second-order valence-corrected chi connectivity index (χ2v) is 7.68. The monoisotopic (exact) mass is 287 g/mol. The van der Waals surface area contributed by atoms with Crippen molar-refractivity contribution in [3.63, 3.8) is 0 Å². The Kier molecular flexibility index (Phi) is 5.48. The Labute approximate surface area is 131 Å². The van der Waals surface area contributed by atoms with Crippen molar-refractivity contribution in [2.45, 2.75) is 72.8 Å². The Morgan fingerprint density at radius 2 is 2.05 bits per heavy atom. The van der Waals surface area contributed by atoms with E-state index in [-0.39, 0.29) is 0 Å². The first-order valence-corrected chi connectivity index (χ1v) is 8.73. The predicted octanol–water partition coefficient (Wildman–Crippen LogP) is 5.04. The molecule has 1 fully saturated rings. The Bertz CT molecular complexity index is 461. The molecule has 1 aliphatic carbocycles. The van der Waals surface area contributed by atoms with Gasteiger partial charge < -0.3 is 5.32 Å². The molecule has 1 heteroatoms. The minimum atomic E-state index is 0.489. The van der Waals surface area contributed by atoms with E-state index in [2.05, 4.69) is 58.1 Å². The van der Waals surface area contributed by atoms with Crippen LogP contribution in [0.3, 0.4) is 0 Å². The highest BCUT2D eigenvalue weighted by Gasteiger charge is 2.39. The van der Waals surface area contributed by atoms with Gasteiger partial charge in [0.25, 0.3) is 0 Å². The maximum Gasteiger partial charge on any atom is 0.0141 e. The fourth-order valence-electron chi connectivity index (χ4n) is 4.04. The first-order valence-electron chi connectivity index (χ1n) is 8.73. The lowest BCUT2D eigenvalue weighted by atomic mass is 9.75. The van der Waals surface area contributed by atoms with Crippen molar-refractivity contribution in [3.05, 3.63) is 34.9 Å². The van der Waals surface area contributed by atoms with Crippen molar-refractivity contribution in [2.75, 3.05) is 6.54 Å². The van der Waals surface area contributed by atoms with E-state index >= 15 is 0 Å². The Hall–Kier alpha value is -0.820. The van der Waals surface area contributed by atoms with Gasteiger partial charge in [0, 0.05) is 6.04 Å². The van der Waals surface area contributed by atoms with Crippen LogP contribution in [0.15, 0.2) is 18.2 Å². The highest BCUT2D eigenvalue weighted by atomic mass is 14.9. The van der Waals surface area contributed by atoms with E-state index < -0.39 is 0 Å². The summed E-state index contributed by atoms with van der Waals surface area (Å²) >= 11 is 0. The zero-order valence-electron chi connectivity index (χ0n) is 14.6. The molecule has 2 atom stereocenters. The van der Waals surface area contributed by atoms with Crippen LogP contribution in [-0.4, -0.2) is 12.6 Å². The number of nitrogens with one attached hydrogen (secondary N) is 1. The molecule has 0 aromatic heterocycles. The van der Waals surface area contributed by atoms with Crippen LogP contribution in [-0.2, 0) is 6.42 Å². The van der Waals surface area contributed by atoms with Crippen LogP contribution >= 0.6 is 0 Å². The van der Waals surface area contributed by atoms with Gasteiger partial charge >= 0.3 is 0 Å². The summed E-state index contributed by atoms with van der Waals surface area (Å²) in [6.07, 6.45) is 6.57. The molecule has 0 amide bonds. The van der Waals surface area contributed by atoms with E-state index in [4.69, 9.17) is 0 Å². The van der Waals surface area contributed by atoms with E-state index in [1.165, 1.54) is 48.8 Å². The third kappa shape index (κ3) is 4.10. The first-order chi connectivity index (χ1) is 9.94. The van der Waals surface area contributed by atoms with E-state index in [9.17, 15) is 0 Å². The maximum atomic E-state index is 3.86. The lowest BCUT2D eigenvalue weighted by Gasteiger charge is -2.35. The molecule has 0 aliphatic heterocycles. The van der Waals surface area contributed by atoms with Gasteiger partial charge in [0.1, 0.15) is 0 Å². The van der Waals surface area contributed by atoms with E-state index in [0.717, 1.165) is 12.5 Å². The number of hydrogen-bond donors (Lipinski definition) is 1. The molecule has 1 N–H and O–H groups in total. The van der Waals surface area contributed by atoms with Crippen molar-refractivity contribution in [1.29, 1.82) is 0 Å². The molecular formula is C20H33N. The third-order valence-electron chi connectivity index (χ3n) is 5.43. The molecule has 1 aromatic carbocycles. The van der Waals surface area contributed by atoms with E-state index in [1.807, 2.05) is 0 Å². The second-order valence-electron chi connectivity index (χ2n) is 7.68. The largest absolute Gasteiger partial charge is 0.313 e. The molecule has 118 valence electrons. The molecule has 2 unspecified atom stereocenters. The SMILES string of the molecule is CCCNC(Cc1cc(C)ccc1C)C1CCCC1(C)C. The number of benzene rings is 1. The van der Waals surface area contributed by atoms with Crippen molar-refractivity contribution in [3.8, 4) is 0 Å². The molecule has 1 aromatic rings. The molecule has 21 heavy (non-hydrogen) atoms. The number of aryl methyl sites for hydroxylation is 2. The Morgan fingerprint density at radius 3 is 2.67 bits per heavy atom. The standard InChI is InChI=1S/C20H33N/c1-6-12-21-19(18-8-7-11-20(18,4)5)14-17-13-15(2)9-10-16(17)3/h9-10,13,18-19,21H,6-8,11-12,14H2,1-5H3. The predicted molar refractivity (Wildman–Crippen MR) is 92.8 cm³/mol. The molecule has 0 heterocycles. The van der Waals surface area contributed by atoms with Crippen LogP contribution in [0.4, 0.5) is 0 Å². The summed E-state index contributed by atoms with van der Waals surface area (Å²) in [4.78, 5) is 0. The number of hydrogen-bond acceptors (Lipinski definition) is 1. The van der Waals surface area contributed by atoms with Gasteiger partial charge in [0.2, 0.25) is 0 Å². The van der Waals surface area contributed by atoms with Gasteiger partial charge in [0.05, 0.1) is 0 Å². The normalized spacial score (nSPS) is 22.4. The van der Waals surface area contributed by atoms with Crippen LogP contribution in [0, 0.1) is 25.2 Å². The molecule has 1 aliphatic rings. The average Bonchev–Trinajstić information content (AvgIpc) is 2.78. The van der Waals surface area contributed by atoms with Gasteiger partial charge in [-0.15, -0.1) is 0 Å². The fourth-order valence-corrected chi connectivity index (χ4v) is 4.04. The molecular weight excluding hydrogens is 254 g/mol. The van der Waals surface area contributed by atoms with Gasteiger partial charge in [-0.3, -0.25) is 0 Å². The molecule has 0 bridgehead atoms. The van der Waals surface area contributed by atoms with Crippen LogP contribution in [0.1, 0.15) is 63.1 Å². The zero-order chi connectivity index (χ0) is 15.5. The van der Waals surface area contributed by atoms with Gasteiger partial charge in [-0.1, -0.05) is 51.0 Å². The Balaban J connectivity index is 2.18. The Morgan fingerprint density at radius 1 is 1.29 bits per heavy atom. The van der Waals surface area contributed by atoms with Gasteiger partial charge in [0.15, 0.2) is 0 Å². The van der Waals surface area contributed by atoms with Crippen molar-refractivity contribution in [2.24, 2.45) is 11.3 Å². The maximum absolute atomic E-state index is 3.86. The van der Waals surface area contributed by atoms with Gasteiger partial charge in [-0.25, -0.2) is 0 Å². The topological polar surface area (TPSA) is 12.0 Å². The van der Waals surface area contributed by atoms with Crippen molar-refractivity contribution in [1.82, 2.24) is 5.32 Å². The van der Waals surface area contributed by atoms with E-state index in [0.29, 0.717) is 11.5 Å². The quantitative estimate of drug-likeness (QED) is 0.773. The highest BCUT2D eigenvalue weighted by Crippen LogP contribution is 2.45. The summed E-state index contributed by atoms with van der Waals surface area (Å²) in [5, 5.41) is 3.86. The average molecular weight is 287 g/mol. The summed E-state index contributed by atoms with van der Waals surface area (Å²) in [7, 11) is 0. The van der Waals surface area contributed by atoms with Crippen LogP contribution in [0.2, 0.25) is 0 Å². The van der Waals surface area contributed by atoms with Crippen LogP contribution in [0.5, 0.6) is 0 Å². The molecule has 1 nitrogen and oxygen atoms in total. The molecule has 0 radical (unpaired) electrons. The second kappa shape index (κ2) is 6.96. The van der Waals surface area contributed by atoms with Gasteiger partial charge in [-0.2, -0.15) is 0 Å². The van der Waals surface area contributed by atoms with Crippen LogP contribution < -0.4 is 5.32 Å². The van der Waals surface area contributed by atoms with Crippen molar-refractivity contribution < 1.29 is 0 Å². The molecule has 1 saturated carbocycles. The van der Waals surface area contributed by atoms with Crippen molar-refractivity contribution >= 4 is 0 Å². The fraction of sp³-hybridized carbons (Fsp3) is 0.700. The summed E-state index contributed by atoms with van der Waals surface area (Å²) in [6, 6.07) is 7.52. The van der Waals surface area contributed by atoms with E-state index in [1.54, 1.807) is 0 Å². The molecule has 2 rings (SSSR count). The lowest BCUT2D eigenvalue weighted by Crippen LogP contribution is -2.42. The smallest absolute Gasteiger partial charge is 0.0141 e. The summed E-state index contributed by atoms with van der Waals surface area (Å²) in [5.74, 6) is 0.809. The molecule has 0 saturated heterocycles. The first kappa shape index (κ1) is 16.5. The summed E-state index contributed by atoms with van der Waals surface area (Å²) in [6.45, 7) is 12.8. The van der Waals surface area contributed by atoms with Gasteiger partial charge in [-0.05, 0) is 68.5 Å². The summed E-state index contributed by atoms with van der Waals surface area (Å²) < 4.78 is 0. The molecule has 0 spiro atoms. The third-order valence-corrected chi connectivity index (χ3v) is 5.43. The lowest BCUT2D eigenvalue weighted by molar-refractivity contribution is 0.195. The summed E-state index contributed by atoms with van der Waals surface area (Å²) in [5.41, 5.74) is 4.85. The minimum absolute atomic E-state index is 0.489. The number of rotatable bonds is 6. The minimum Gasteiger partial charge on any atom is -0.313 e. The zero-order valence-corrected chi connectivity index (χ0v) is 14.6.